The maximum atomic E-state index is 12.1. The Kier molecular flexibility index (Phi) is 5.00. The van der Waals surface area contributed by atoms with E-state index in [2.05, 4.69) is 15.9 Å². The molecule has 0 saturated heterocycles. The smallest absolute Gasteiger partial charge is 0.343 e. The van der Waals surface area contributed by atoms with Crippen molar-refractivity contribution < 1.29 is 17.9 Å². The Hall–Kier alpha value is -1.70. The third kappa shape index (κ3) is 3.73. The molecule has 22 heavy (non-hydrogen) atoms. The number of ether oxygens (including phenoxy) is 1. The van der Waals surface area contributed by atoms with Crippen molar-refractivity contribution in [3.63, 3.8) is 0 Å². The molecular formula is C15H14BrNO4S. The van der Waals surface area contributed by atoms with Crippen LogP contribution in [0.25, 0.3) is 0 Å². The van der Waals surface area contributed by atoms with Gasteiger partial charge in [0.05, 0.1) is 10.5 Å². The standard InChI is InChI=1S/C15H14BrNO4S/c1-17(2)22(19,20)14-8-3-5-11(9-14)15(18)21-13-7-4-6-12(16)10-13/h3-10H,1-2H3. The topological polar surface area (TPSA) is 63.7 Å². The molecule has 0 atom stereocenters. The number of benzene rings is 2. The van der Waals surface area contributed by atoms with Gasteiger partial charge in [-0.2, -0.15) is 0 Å². The first-order chi connectivity index (χ1) is 10.3. The van der Waals surface area contributed by atoms with E-state index in [0.29, 0.717) is 5.75 Å². The first-order valence-electron chi connectivity index (χ1n) is 6.31. The molecule has 2 aromatic carbocycles. The number of carbonyl (C=O) groups is 1. The van der Waals surface area contributed by atoms with E-state index < -0.39 is 16.0 Å². The number of esters is 1. The molecular weight excluding hydrogens is 370 g/mol. The molecule has 0 aliphatic carbocycles. The summed E-state index contributed by atoms with van der Waals surface area (Å²) in [5.74, 6) is -0.242. The van der Waals surface area contributed by atoms with Crippen molar-refractivity contribution >= 4 is 31.9 Å². The number of hydrogen-bond donors (Lipinski definition) is 0. The van der Waals surface area contributed by atoms with Crippen LogP contribution in [0.5, 0.6) is 5.75 Å². The fraction of sp³-hybridized carbons (Fsp3) is 0.133. The van der Waals surface area contributed by atoms with Crippen LogP contribution in [0.1, 0.15) is 10.4 Å². The number of nitrogens with zero attached hydrogens (tertiary/aromatic N) is 1. The lowest BCUT2D eigenvalue weighted by Crippen LogP contribution is -2.22. The Morgan fingerprint density at radius 2 is 1.77 bits per heavy atom. The maximum Gasteiger partial charge on any atom is 0.343 e. The summed E-state index contributed by atoms with van der Waals surface area (Å²) in [7, 11) is -0.730. The summed E-state index contributed by atoms with van der Waals surface area (Å²) >= 11 is 3.29. The van der Waals surface area contributed by atoms with Crippen molar-refractivity contribution in [2.75, 3.05) is 14.1 Å². The van der Waals surface area contributed by atoms with Crippen molar-refractivity contribution in [3.8, 4) is 5.75 Å². The van der Waals surface area contributed by atoms with Gasteiger partial charge in [0.1, 0.15) is 5.75 Å². The van der Waals surface area contributed by atoms with Crippen molar-refractivity contribution in [3.05, 3.63) is 58.6 Å². The van der Waals surface area contributed by atoms with Gasteiger partial charge in [0.25, 0.3) is 0 Å². The molecule has 0 aromatic heterocycles. The van der Waals surface area contributed by atoms with Crippen molar-refractivity contribution in [2.24, 2.45) is 0 Å². The third-order valence-corrected chi connectivity index (χ3v) is 5.16. The lowest BCUT2D eigenvalue weighted by atomic mass is 10.2. The predicted molar refractivity (Wildman–Crippen MR) is 86.4 cm³/mol. The van der Waals surface area contributed by atoms with Crippen LogP contribution in [0.15, 0.2) is 57.9 Å². The first kappa shape index (κ1) is 16.7. The average Bonchev–Trinajstić information content (AvgIpc) is 2.47. The minimum atomic E-state index is -3.59. The van der Waals surface area contributed by atoms with Crippen LogP contribution in [0.3, 0.4) is 0 Å². The highest BCUT2D eigenvalue weighted by Gasteiger charge is 2.19. The van der Waals surface area contributed by atoms with Gasteiger partial charge in [0, 0.05) is 18.6 Å². The lowest BCUT2D eigenvalue weighted by Gasteiger charge is -2.12. The Morgan fingerprint density at radius 3 is 2.41 bits per heavy atom. The molecule has 0 fully saturated rings. The van der Waals surface area contributed by atoms with Crippen LogP contribution in [0, 0.1) is 0 Å². The van der Waals surface area contributed by atoms with Gasteiger partial charge >= 0.3 is 5.97 Å². The second-order valence-electron chi connectivity index (χ2n) is 4.66. The predicted octanol–water partition coefficient (Wildman–Crippen LogP) is 2.92. The van der Waals surface area contributed by atoms with E-state index in [4.69, 9.17) is 4.74 Å². The van der Waals surface area contributed by atoms with Gasteiger partial charge in [-0.15, -0.1) is 0 Å². The average molecular weight is 384 g/mol. The van der Waals surface area contributed by atoms with Gasteiger partial charge in [-0.05, 0) is 36.4 Å². The number of hydrogen-bond acceptors (Lipinski definition) is 4. The van der Waals surface area contributed by atoms with E-state index in [1.54, 1.807) is 18.2 Å². The molecule has 116 valence electrons. The second kappa shape index (κ2) is 6.60. The molecule has 2 rings (SSSR count). The van der Waals surface area contributed by atoms with E-state index in [0.717, 1.165) is 8.78 Å². The van der Waals surface area contributed by atoms with Gasteiger partial charge in [-0.1, -0.05) is 28.1 Å². The van der Waals surface area contributed by atoms with Crippen LogP contribution < -0.4 is 4.74 Å². The molecule has 0 spiro atoms. The summed E-state index contributed by atoms with van der Waals surface area (Å²) in [5.41, 5.74) is 0.169. The van der Waals surface area contributed by atoms with Gasteiger partial charge in [0.2, 0.25) is 10.0 Å². The molecule has 5 nitrogen and oxygen atoms in total. The minimum absolute atomic E-state index is 0.0428. The monoisotopic (exact) mass is 383 g/mol. The second-order valence-corrected chi connectivity index (χ2v) is 7.73. The van der Waals surface area contributed by atoms with Crippen molar-refractivity contribution in [2.45, 2.75) is 4.90 Å². The van der Waals surface area contributed by atoms with Crippen molar-refractivity contribution in [1.29, 1.82) is 0 Å². The van der Waals surface area contributed by atoms with E-state index in [-0.39, 0.29) is 10.5 Å². The molecule has 0 aliphatic rings. The van der Waals surface area contributed by atoms with Gasteiger partial charge in [-0.25, -0.2) is 17.5 Å². The Labute approximate surface area is 137 Å². The van der Waals surface area contributed by atoms with Crippen LogP contribution in [0.2, 0.25) is 0 Å². The zero-order chi connectivity index (χ0) is 16.3. The SMILES string of the molecule is CN(C)S(=O)(=O)c1cccc(C(=O)Oc2cccc(Br)c2)c1. The molecule has 0 heterocycles. The normalized spacial score (nSPS) is 11.5. The fourth-order valence-corrected chi connectivity index (χ4v) is 3.02. The minimum Gasteiger partial charge on any atom is -0.423 e. The zero-order valence-electron chi connectivity index (χ0n) is 12.0. The molecule has 2 aromatic rings. The Morgan fingerprint density at radius 1 is 1.09 bits per heavy atom. The maximum absolute atomic E-state index is 12.1. The number of rotatable bonds is 4. The first-order valence-corrected chi connectivity index (χ1v) is 8.54. The lowest BCUT2D eigenvalue weighted by molar-refractivity contribution is 0.0734. The number of carbonyl (C=O) groups excluding carboxylic acids is 1. The van der Waals surface area contributed by atoms with Gasteiger partial charge in [-0.3, -0.25) is 0 Å². The van der Waals surface area contributed by atoms with E-state index in [1.807, 2.05) is 6.07 Å². The number of sulfonamides is 1. The van der Waals surface area contributed by atoms with E-state index in [1.165, 1.54) is 38.4 Å². The highest BCUT2D eigenvalue weighted by atomic mass is 79.9. The Bertz CT molecular complexity index is 803. The van der Waals surface area contributed by atoms with Crippen LogP contribution >= 0.6 is 15.9 Å². The van der Waals surface area contributed by atoms with Crippen LogP contribution in [-0.4, -0.2) is 32.8 Å². The molecule has 0 unspecified atom stereocenters. The van der Waals surface area contributed by atoms with E-state index in [9.17, 15) is 13.2 Å². The third-order valence-electron chi connectivity index (χ3n) is 2.85. The quantitative estimate of drug-likeness (QED) is 0.601. The molecule has 0 amide bonds. The highest BCUT2D eigenvalue weighted by molar-refractivity contribution is 9.10. The highest BCUT2D eigenvalue weighted by Crippen LogP contribution is 2.20. The summed E-state index contributed by atoms with van der Waals surface area (Å²) in [6.07, 6.45) is 0. The largest absolute Gasteiger partial charge is 0.423 e. The van der Waals surface area contributed by atoms with Gasteiger partial charge < -0.3 is 4.74 Å². The van der Waals surface area contributed by atoms with Crippen LogP contribution in [0.4, 0.5) is 0 Å². The molecule has 0 saturated carbocycles. The summed E-state index contributed by atoms with van der Waals surface area (Å²) < 4.78 is 31.3. The molecule has 0 radical (unpaired) electrons. The summed E-state index contributed by atoms with van der Waals surface area (Å²) in [6.45, 7) is 0. The summed E-state index contributed by atoms with van der Waals surface area (Å²) in [6, 6.07) is 12.6. The van der Waals surface area contributed by atoms with Crippen molar-refractivity contribution in [1.82, 2.24) is 4.31 Å². The summed E-state index contributed by atoms with van der Waals surface area (Å²) in [5, 5.41) is 0. The zero-order valence-corrected chi connectivity index (χ0v) is 14.4. The Balaban J connectivity index is 2.28. The molecule has 7 heteroatoms. The fourth-order valence-electron chi connectivity index (χ4n) is 1.69. The molecule has 0 aliphatic heterocycles. The van der Waals surface area contributed by atoms with Gasteiger partial charge in [0.15, 0.2) is 0 Å². The molecule has 0 N–H and O–H groups in total. The van der Waals surface area contributed by atoms with Crippen LogP contribution in [-0.2, 0) is 10.0 Å². The van der Waals surface area contributed by atoms with E-state index >= 15 is 0 Å². The number of halogens is 1. The summed E-state index contributed by atoms with van der Waals surface area (Å²) in [4.78, 5) is 12.2. The molecule has 0 bridgehead atoms.